The first-order chi connectivity index (χ1) is 12.8. The van der Waals surface area contributed by atoms with Crippen LogP contribution in [0.25, 0.3) is 0 Å². The highest BCUT2D eigenvalue weighted by Crippen LogP contribution is 2.54. The van der Waals surface area contributed by atoms with Crippen LogP contribution in [0, 0.1) is 28.9 Å². The zero-order valence-electron chi connectivity index (χ0n) is 15.5. The SMILES string of the molecule is CC(Cc1cc[n+]([O-])cc1)(NC(=O)OC1C2CC3CC(C2)CC1C3)C(=O)O. The molecule has 0 spiro atoms. The van der Waals surface area contributed by atoms with Gasteiger partial charge in [0.2, 0.25) is 0 Å². The molecule has 146 valence electrons. The number of ether oxygens (including phenoxy) is 1. The molecule has 27 heavy (non-hydrogen) atoms. The van der Waals surface area contributed by atoms with Crippen LogP contribution in [0.1, 0.15) is 44.6 Å². The first-order valence-electron chi connectivity index (χ1n) is 9.72. The van der Waals surface area contributed by atoms with Crippen molar-refractivity contribution in [1.82, 2.24) is 5.32 Å². The van der Waals surface area contributed by atoms with Crippen molar-refractivity contribution in [3.8, 4) is 0 Å². The zero-order valence-corrected chi connectivity index (χ0v) is 15.5. The van der Waals surface area contributed by atoms with E-state index in [4.69, 9.17) is 4.74 Å². The molecule has 1 unspecified atom stereocenters. The monoisotopic (exact) mass is 374 g/mol. The van der Waals surface area contributed by atoms with E-state index in [9.17, 15) is 19.9 Å². The van der Waals surface area contributed by atoms with Crippen molar-refractivity contribution in [3.63, 3.8) is 0 Å². The molecule has 4 saturated carbocycles. The van der Waals surface area contributed by atoms with Gasteiger partial charge in [0, 0.05) is 18.6 Å². The van der Waals surface area contributed by atoms with Crippen LogP contribution < -0.4 is 10.0 Å². The first kappa shape index (κ1) is 18.1. The third kappa shape index (κ3) is 3.59. The lowest BCUT2D eigenvalue weighted by atomic mass is 9.55. The molecular formula is C20H26N2O5. The Morgan fingerprint density at radius 1 is 1.19 bits per heavy atom. The highest BCUT2D eigenvalue weighted by atomic mass is 16.6. The molecule has 0 radical (unpaired) electrons. The molecule has 1 atom stereocenters. The zero-order chi connectivity index (χ0) is 19.2. The number of nitrogens with one attached hydrogen (secondary N) is 1. The number of alkyl carbamates (subject to hydrolysis) is 1. The van der Waals surface area contributed by atoms with Crippen molar-refractivity contribution < 1.29 is 24.2 Å². The second kappa shape index (κ2) is 6.69. The molecule has 2 N–H and O–H groups in total. The van der Waals surface area contributed by atoms with E-state index in [0.29, 0.717) is 22.1 Å². The van der Waals surface area contributed by atoms with Gasteiger partial charge in [0.15, 0.2) is 12.4 Å². The lowest BCUT2D eigenvalue weighted by Crippen LogP contribution is -2.56. The van der Waals surface area contributed by atoms with Gasteiger partial charge in [-0.1, -0.05) is 0 Å². The maximum atomic E-state index is 12.5. The van der Waals surface area contributed by atoms with Gasteiger partial charge in [0.05, 0.1) is 0 Å². The number of pyridine rings is 1. The summed E-state index contributed by atoms with van der Waals surface area (Å²) >= 11 is 0. The minimum Gasteiger partial charge on any atom is -0.619 e. The van der Waals surface area contributed by atoms with E-state index in [0.717, 1.165) is 37.5 Å². The van der Waals surface area contributed by atoms with Crippen molar-refractivity contribution >= 4 is 12.1 Å². The molecule has 1 aromatic heterocycles. The number of amides is 1. The number of nitrogens with zero attached hydrogens (tertiary/aromatic N) is 1. The predicted octanol–water partition coefficient (Wildman–Crippen LogP) is 2.26. The van der Waals surface area contributed by atoms with E-state index in [1.54, 1.807) is 12.1 Å². The highest BCUT2D eigenvalue weighted by Gasteiger charge is 2.50. The molecule has 4 bridgehead atoms. The van der Waals surface area contributed by atoms with Gasteiger partial charge in [-0.05, 0) is 68.3 Å². The maximum absolute atomic E-state index is 12.5. The van der Waals surface area contributed by atoms with Crippen LogP contribution in [0.2, 0.25) is 0 Å². The molecule has 4 aliphatic carbocycles. The summed E-state index contributed by atoms with van der Waals surface area (Å²) in [5.74, 6) is 1.26. The Morgan fingerprint density at radius 3 is 2.26 bits per heavy atom. The Bertz CT molecular complexity index is 706. The standard InChI is InChI=1S/C20H26N2O5/c1-20(18(23)24,11-12-2-4-22(26)5-3-12)21-19(25)27-17-15-7-13-6-14(9-15)10-16(17)8-13/h2-5,13-17H,6-11H2,1H3,(H,21,25)(H,23,24). The van der Waals surface area contributed by atoms with Crippen molar-refractivity contribution in [3.05, 3.63) is 35.3 Å². The van der Waals surface area contributed by atoms with Crippen molar-refractivity contribution in [1.29, 1.82) is 0 Å². The molecule has 7 nitrogen and oxygen atoms in total. The van der Waals surface area contributed by atoms with Gasteiger partial charge in [-0.25, -0.2) is 9.59 Å². The van der Waals surface area contributed by atoms with Gasteiger partial charge < -0.3 is 20.4 Å². The number of rotatable bonds is 5. The fraction of sp³-hybridized carbons (Fsp3) is 0.650. The molecule has 1 amide bonds. The summed E-state index contributed by atoms with van der Waals surface area (Å²) in [6.07, 6.45) is 7.76. The van der Waals surface area contributed by atoms with Gasteiger partial charge in [-0.2, -0.15) is 4.73 Å². The summed E-state index contributed by atoms with van der Waals surface area (Å²) in [4.78, 5) is 24.4. The summed E-state index contributed by atoms with van der Waals surface area (Å²) in [6.45, 7) is 1.46. The third-order valence-electron chi connectivity index (χ3n) is 6.66. The Labute approximate surface area is 158 Å². The fourth-order valence-corrected chi connectivity index (χ4v) is 5.59. The second-order valence-corrected chi connectivity index (χ2v) is 8.81. The van der Waals surface area contributed by atoms with Crippen LogP contribution >= 0.6 is 0 Å². The van der Waals surface area contributed by atoms with Crippen LogP contribution in [0.3, 0.4) is 0 Å². The molecule has 1 heterocycles. The molecule has 5 rings (SSSR count). The summed E-state index contributed by atoms with van der Waals surface area (Å²) in [5.41, 5.74) is -0.847. The van der Waals surface area contributed by atoms with Crippen molar-refractivity contribution in [2.75, 3.05) is 0 Å². The van der Waals surface area contributed by atoms with Crippen LogP contribution in [-0.4, -0.2) is 28.8 Å². The van der Waals surface area contributed by atoms with Gasteiger partial charge in [0.1, 0.15) is 11.6 Å². The minimum atomic E-state index is -1.50. The van der Waals surface area contributed by atoms with E-state index < -0.39 is 17.6 Å². The van der Waals surface area contributed by atoms with Crippen LogP contribution in [-0.2, 0) is 16.0 Å². The van der Waals surface area contributed by atoms with Gasteiger partial charge in [-0.15, -0.1) is 0 Å². The number of aromatic nitrogens is 1. The van der Waals surface area contributed by atoms with Gasteiger partial charge in [0.25, 0.3) is 0 Å². The largest absolute Gasteiger partial charge is 0.619 e. The van der Waals surface area contributed by atoms with E-state index >= 15 is 0 Å². The number of carboxylic acids is 1. The second-order valence-electron chi connectivity index (χ2n) is 8.81. The smallest absolute Gasteiger partial charge is 0.408 e. The number of carbonyl (C=O) groups excluding carboxylic acids is 1. The summed E-state index contributed by atoms with van der Waals surface area (Å²) in [5, 5.41) is 23.4. The molecule has 7 heteroatoms. The van der Waals surface area contributed by atoms with Crippen molar-refractivity contribution in [2.45, 2.75) is 57.1 Å². The average Bonchev–Trinajstić information content (AvgIpc) is 2.59. The molecule has 1 aromatic rings. The Balaban J connectivity index is 1.41. The molecule has 0 aliphatic heterocycles. The third-order valence-corrected chi connectivity index (χ3v) is 6.66. The minimum absolute atomic E-state index is 0.0694. The van der Waals surface area contributed by atoms with E-state index in [1.807, 2.05) is 0 Å². The van der Waals surface area contributed by atoms with E-state index in [2.05, 4.69) is 5.32 Å². The molecule has 4 fully saturated rings. The maximum Gasteiger partial charge on any atom is 0.408 e. The van der Waals surface area contributed by atoms with Crippen LogP contribution in [0.15, 0.2) is 24.5 Å². The topological polar surface area (TPSA) is 103 Å². The van der Waals surface area contributed by atoms with E-state index in [-0.39, 0.29) is 12.5 Å². The van der Waals surface area contributed by atoms with Crippen LogP contribution in [0.5, 0.6) is 0 Å². The predicted molar refractivity (Wildman–Crippen MR) is 95.6 cm³/mol. The Kier molecular flexibility index (Phi) is 4.48. The lowest BCUT2D eigenvalue weighted by molar-refractivity contribution is -0.605. The van der Waals surface area contributed by atoms with Crippen molar-refractivity contribution in [2.24, 2.45) is 23.7 Å². The quantitative estimate of drug-likeness (QED) is 0.608. The van der Waals surface area contributed by atoms with E-state index in [1.165, 1.54) is 25.7 Å². The molecule has 0 aromatic carbocycles. The fourth-order valence-electron chi connectivity index (χ4n) is 5.59. The molecule has 4 aliphatic rings. The van der Waals surface area contributed by atoms with Crippen LogP contribution in [0.4, 0.5) is 4.79 Å². The average molecular weight is 374 g/mol. The summed E-state index contributed by atoms with van der Waals surface area (Å²) in [7, 11) is 0. The number of hydrogen-bond donors (Lipinski definition) is 2. The van der Waals surface area contributed by atoms with Gasteiger partial charge in [-0.3, -0.25) is 0 Å². The molecule has 0 saturated heterocycles. The molecular weight excluding hydrogens is 348 g/mol. The Hall–Kier alpha value is -2.31. The summed E-state index contributed by atoms with van der Waals surface area (Å²) < 4.78 is 6.40. The first-order valence-corrected chi connectivity index (χ1v) is 9.72. The number of aliphatic carboxylic acids is 1. The number of carbonyl (C=O) groups is 2. The summed E-state index contributed by atoms with van der Waals surface area (Å²) in [6, 6.07) is 3.11. The highest BCUT2D eigenvalue weighted by molar-refractivity contribution is 5.84. The number of hydrogen-bond acceptors (Lipinski definition) is 4. The van der Waals surface area contributed by atoms with Gasteiger partial charge >= 0.3 is 12.1 Å². The normalized spacial score (nSPS) is 33.3. The Morgan fingerprint density at radius 2 is 1.74 bits per heavy atom. The lowest BCUT2D eigenvalue weighted by Gasteiger charge is -2.53. The number of carboxylic acid groups (broad SMARTS) is 1.